The van der Waals surface area contributed by atoms with E-state index in [2.05, 4.69) is 15.2 Å². The van der Waals surface area contributed by atoms with Crippen LogP contribution in [0.5, 0.6) is 5.75 Å². The number of benzene rings is 1. The Labute approximate surface area is 125 Å². The molecular formula is C12H13Cl2N3OS. The molecule has 19 heavy (non-hydrogen) atoms. The van der Waals surface area contributed by atoms with Gasteiger partial charge in [-0.25, -0.2) is 4.98 Å². The molecule has 0 aliphatic carbocycles. The smallest absolute Gasteiger partial charge is 0.208 e. The number of rotatable bonds is 6. The van der Waals surface area contributed by atoms with Gasteiger partial charge in [0.2, 0.25) is 5.16 Å². The van der Waals surface area contributed by atoms with Gasteiger partial charge in [-0.1, -0.05) is 41.9 Å². The largest absolute Gasteiger partial charge is 0.491 e. The topological polar surface area (TPSA) is 50.8 Å². The molecule has 0 spiro atoms. The highest BCUT2D eigenvalue weighted by Gasteiger charge is 2.04. The third-order valence-electron chi connectivity index (χ3n) is 2.31. The molecule has 0 bridgehead atoms. The number of thioether (sulfide) groups is 1. The summed E-state index contributed by atoms with van der Waals surface area (Å²) in [5.41, 5.74) is 0. The van der Waals surface area contributed by atoms with E-state index in [9.17, 15) is 0 Å². The molecule has 1 N–H and O–H groups in total. The highest BCUT2D eigenvalue weighted by atomic mass is 35.5. The first-order valence-corrected chi connectivity index (χ1v) is 7.55. The van der Waals surface area contributed by atoms with Crippen LogP contribution in [0, 0.1) is 0 Å². The summed E-state index contributed by atoms with van der Waals surface area (Å²) in [4.78, 5) is 4.30. The number of hydrogen-bond donors (Lipinski definition) is 1. The molecule has 1 aromatic carbocycles. The van der Waals surface area contributed by atoms with E-state index in [0.717, 1.165) is 23.2 Å². The second-order valence-corrected chi connectivity index (χ2v) is 5.60. The second kappa shape index (κ2) is 7.03. The lowest BCUT2D eigenvalue weighted by atomic mass is 10.3. The van der Waals surface area contributed by atoms with Crippen LogP contribution >= 0.6 is 35.0 Å². The van der Waals surface area contributed by atoms with Gasteiger partial charge in [-0.05, 0) is 18.2 Å². The quantitative estimate of drug-likeness (QED) is 0.649. The first kappa shape index (κ1) is 14.5. The number of H-pyrrole nitrogens is 1. The first-order chi connectivity index (χ1) is 9.19. The van der Waals surface area contributed by atoms with Crippen LogP contribution in [0.3, 0.4) is 0 Å². The molecule has 4 nitrogen and oxygen atoms in total. The van der Waals surface area contributed by atoms with Crippen molar-refractivity contribution in [1.29, 1.82) is 0 Å². The third-order valence-corrected chi connectivity index (χ3v) is 3.65. The van der Waals surface area contributed by atoms with Gasteiger partial charge < -0.3 is 4.74 Å². The van der Waals surface area contributed by atoms with E-state index in [-0.39, 0.29) is 0 Å². The molecule has 2 aromatic rings. The lowest BCUT2D eigenvalue weighted by molar-refractivity contribution is 0.344. The Morgan fingerprint density at radius 3 is 2.89 bits per heavy atom. The van der Waals surface area contributed by atoms with E-state index in [0.29, 0.717) is 22.4 Å². The van der Waals surface area contributed by atoms with Gasteiger partial charge in [0.25, 0.3) is 0 Å². The highest BCUT2D eigenvalue weighted by Crippen LogP contribution is 2.27. The van der Waals surface area contributed by atoms with Crippen molar-refractivity contribution in [3.8, 4) is 5.75 Å². The van der Waals surface area contributed by atoms with Gasteiger partial charge in [-0.15, -0.1) is 5.10 Å². The Bertz CT molecular complexity index is 548. The lowest BCUT2D eigenvalue weighted by Crippen LogP contribution is -2.00. The maximum atomic E-state index is 6.00. The second-order valence-electron chi connectivity index (χ2n) is 3.69. The number of nitrogens with one attached hydrogen (secondary N) is 1. The van der Waals surface area contributed by atoms with Gasteiger partial charge in [0, 0.05) is 17.2 Å². The van der Waals surface area contributed by atoms with Gasteiger partial charge in [0.15, 0.2) is 0 Å². The fraction of sp³-hybridized carbons (Fsp3) is 0.333. The van der Waals surface area contributed by atoms with Crippen LogP contribution in [0.2, 0.25) is 10.0 Å². The van der Waals surface area contributed by atoms with E-state index in [1.165, 1.54) is 11.8 Å². The molecule has 1 aromatic heterocycles. The minimum absolute atomic E-state index is 0.517. The van der Waals surface area contributed by atoms with Crippen molar-refractivity contribution < 1.29 is 4.74 Å². The SMILES string of the molecule is CCc1nc(SCCOc2ccc(Cl)cc2Cl)n[nH]1. The van der Waals surface area contributed by atoms with Crippen molar-refractivity contribution >= 4 is 35.0 Å². The van der Waals surface area contributed by atoms with E-state index in [4.69, 9.17) is 27.9 Å². The monoisotopic (exact) mass is 317 g/mol. The molecule has 102 valence electrons. The Hall–Kier alpha value is -0.910. The Balaban J connectivity index is 1.77. The minimum Gasteiger partial charge on any atom is -0.491 e. The van der Waals surface area contributed by atoms with E-state index < -0.39 is 0 Å². The summed E-state index contributed by atoms with van der Waals surface area (Å²) < 4.78 is 5.57. The summed E-state index contributed by atoms with van der Waals surface area (Å²) >= 11 is 13.3. The molecule has 0 amide bonds. The fourth-order valence-corrected chi connectivity index (χ4v) is 2.47. The maximum absolute atomic E-state index is 6.00. The van der Waals surface area contributed by atoms with Crippen LogP contribution in [0.1, 0.15) is 12.7 Å². The van der Waals surface area contributed by atoms with E-state index >= 15 is 0 Å². The van der Waals surface area contributed by atoms with Crippen LogP contribution in [0.15, 0.2) is 23.4 Å². The van der Waals surface area contributed by atoms with Crippen molar-refractivity contribution in [3.05, 3.63) is 34.1 Å². The number of hydrogen-bond acceptors (Lipinski definition) is 4. The molecule has 0 saturated heterocycles. The van der Waals surface area contributed by atoms with Crippen molar-refractivity contribution in [2.75, 3.05) is 12.4 Å². The zero-order chi connectivity index (χ0) is 13.7. The van der Waals surface area contributed by atoms with Crippen LogP contribution in [0.25, 0.3) is 0 Å². The molecule has 0 aliphatic heterocycles. The molecular weight excluding hydrogens is 305 g/mol. The average Bonchev–Trinajstić information content (AvgIpc) is 2.84. The number of aromatic amines is 1. The molecule has 0 atom stereocenters. The summed E-state index contributed by atoms with van der Waals surface area (Å²) in [5, 5.41) is 8.81. The Morgan fingerprint density at radius 2 is 2.21 bits per heavy atom. The minimum atomic E-state index is 0.517. The van der Waals surface area contributed by atoms with Gasteiger partial charge in [-0.3, -0.25) is 5.10 Å². The molecule has 0 saturated carbocycles. The number of ether oxygens (including phenoxy) is 1. The van der Waals surface area contributed by atoms with E-state index in [1.54, 1.807) is 18.2 Å². The molecule has 0 fully saturated rings. The first-order valence-electron chi connectivity index (χ1n) is 5.81. The number of nitrogens with zero attached hydrogens (tertiary/aromatic N) is 2. The van der Waals surface area contributed by atoms with Gasteiger partial charge in [-0.2, -0.15) is 0 Å². The van der Waals surface area contributed by atoms with Gasteiger partial charge in [0.05, 0.1) is 11.6 Å². The molecule has 1 heterocycles. The van der Waals surface area contributed by atoms with Crippen molar-refractivity contribution in [2.24, 2.45) is 0 Å². The third kappa shape index (κ3) is 4.30. The Kier molecular flexibility index (Phi) is 5.36. The predicted molar refractivity (Wildman–Crippen MR) is 78.4 cm³/mol. The van der Waals surface area contributed by atoms with Gasteiger partial charge >= 0.3 is 0 Å². The lowest BCUT2D eigenvalue weighted by Gasteiger charge is -2.07. The average molecular weight is 318 g/mol. The van der Waals surface area contributed by atoms with Crippen molar-refractivity contribution in [3.63, 3.8) is 0 Å². The summed E-state index contributed by atoms with van der Waals surface area (Å²) in [6, 6.07) is 5.17. The molecule has 0 unspecified atom stereocenters. The number of aromatic nitrogens is 3. The molecule has 2 rings (SSSR count). The van der Waals surface area contributed by atoms with Crippen LogP contribution in [-0.4, -0.2) is 27.5 Å². The summed E-state index contributed by atoms with van der Waals surface area (Å²) in [6.45, 7) is 2.56. The molecule has 0 aliphatic rings. The van der Waals surface area contributed by atoms with E-state index in [1.807, 2.05) is 6.92 Å². The maximum Gasteiger partial charge on any atom is 0.208 e. The molecule has 0 radical (unpaired) electrons. The zero-order valence-corrected chi connectivity index (χ0v) is 12.6. The highest BCUT2D eigenvalue weighted by molar-refractivity contribution is 7.99. The zero-order valence-electron chi connectivity index (χ0n) is 10.3. The normalized spacial score (nSPS) is 10.7. The predicted octanol–water partition coefficient (Wildman–Crippen LogP) is 3.85. The van der Waals surface area contributed by atoms with Crippen molar-refractivity contribution in [1.82, 2.24) is 15.2 Å². The standard InChI is InChI=1S/C12H13Cl2N3OS/c1-2-11-15-12(17-16-11)19-6-5-18-10-4-3-8(13)7-9(10)14/h3-4,7H,2,5-6H2,1H3,(H,15,16,17). The van der Waals surface area contributed by atoms with Crippen LogP contribution in [-0.2, 0) is 6.42 Å². The number of halogens is 2. The fourth-order valence-electron chi connectivity index (χ4n) is 1.38. The van der Waals surface area contributed by atoms with Crippen LogP contribution in [0.4, 0.5) is 0 Å². The van der Waals surface area contributed by atoms with Crippen LogP contribution < -0.4 is 4.74 Å². The molecule has 7 heteroatoms. The van der Waals surface area contributed by atoms with Gasteiger partial charge in [0.1, 0.15) is 11.6 Å². The van der Waals surface area contributed by atoms with Crippen molar-refractivity contribution in [2.45, 2.75) is 18.5 Å². The summed E-state index contributed by atoms with van der Waals surface area (Å²) in [6.07, 6.45) is 0.852. The number of aryl methyl sites for hydroxylation is 1. The summed E-state index contributed by atoms with van der Waals surface area (Å²) in [7, 11) is 0. The Morgan fingerprint density at radius 1 is 1.37 bits per heavy atom. The summed E-state index contributed by atoms with van der Waals surface area (Å²) in [5.74, 6) is 2.28.